The molecule has 0 aliphatic carbocycles. The first-order valence-electron chi connectivity index (χ1n) is 4.48. The Morgan fingerprint density at radius 1 is 1.43 bits per heavy atom. The van der Waals surface area contributed by atoms with E-state index in [4.69, 9.17) is 0 Å². The average Bonchev–Trinajstić information content (AvgIpc) is 2.07. The number of benzene rings is 1. The molecule has 1 N–H and O–H groups in total. The van der Waals surface area contributed by atoms with Crippen LogP contribution in [0.15, 0.2) is 18.2 Å². The Kier molecular flexibility index (Phi) is 3.25. The van der Waals surface area contributed by atoms with Crippen LogP contribution in [-0.2, 0) is 6.54 Å². The summed E-state index contributed by atoms with van der Waals surface area (Å²) in [4.78, 5) is 13.1. The molecule has 0 fully saturated rings. The van der Waals surface area contributed by atoms with Gasteiger partial charge in [-0.1, -0.05) is 6.07 Å². The Hall–Kier alpha value is -1.35. The minimum Gasteiger partial charge on any atom is -0.507 e. The molecule has 14 heavy (non-hydrogen) atoms. The SMILES string of the molecule is CC(=O)c1cc(CN(C)C)ccc1O. The largest absolute Gasteiger partial charge is 0.507 e. The molecule has 0 unspecified atom stereocenters. The summed E-state index contributed by atoms with van der Waals surface area (Å²) >= 11 is 0. The lowest BCUT2D eigenvalue weighted by Crippen LogP contribution is -2.11. The maximum atomic E-state index is 11.1. The molecule has 0 aliphatic heterocycles. The van der Waals surface area contributed by atoms with Gasteiger partial charge in [0.25, 0.3) is 0 Å². The van der Waals surface area contributed by atoms with Gasteiger partial charge < -0.3 is 10.0 Å². The highest BCUT2D eigenvalue weighted by Gasteiger charge is 2.07. The number of phenolic OH excluding ortho intramolecular Hbond substituents is 1. The average molecular weight is 193 g/mol. The van der Waals surface area contributed by atoms with E-state index < -0.39 is 0 Å². The number of phenols is 1. The molecule has 0 amide bonds. The molecule has 3 heteroatoms. The zero-order chi connectivity index (χ0) is 10.7. The molecule has 0 aromatic heterocycles. The number of nitrogens with zero attached hydrogens (tertiary/aromatic N) is 1. The Morgan fingerprint density at radius 3 is 2.57 bits per heavy atom. The lowest BCUT2D eigenvalue weighted by molar-refractivity contribution is 0.101. The molecular formula is C11H15NO2. The van der Waals surface area contributed by atoms with Gasteiger partial charge in [0.15, 0.2) is 5.78 Å². The van der Waals surface area contributed by atoms with E-state index in [1.54, 1.807) is 12.1 Å². The second-order valence-corrected chi connectivity index (χ2v) is 3.65. The van der Waals surface area contributed by atoms with E-state index in [0.29, 0.717) is 5.56 Å². The van der Waals surface area contributed by atoms with Crippen LogP contribution in [0.3, 0.4) is 0 Å². The molecule has 1 aromatic rings. The Bertz CT molecular complexity index is 345. The van der Waals surface area contributed by atoms with Crippen molar-refractivity contribution < 1.29 is 9.90 Å². The van der Waals surface area contributed by atoms with E-state index in [2.05, 4.69) is 0 Å². The van der Waals surface area contributed by atoms with E-state index in [0.717, 1.165) is 12.1 Å². The number of ketones is 1. The zero-order valence-corrected chi connectivity index (χ0v) is 8.74. The Balaban J connectivity index is 3.00. The molecule has 0 saturated carbocycles. The molecule has 0 radical (unpaired) electrons. The molecule has 3 nitrogen and oxygen atoms in total. The minimum absolute atomic E-state index is 0.0556. The predicted octanol–water partition coefficient (Wildman–Crippen LogP) is 1.66. The summed E-state index contributed by atoms with van der Waals surface area (Å²) < 4.78 is 0. The van der Waals surface area contributed by atoms with Crippen LogP contribution in [0.1, 0.15) is 22.8 Å². The fourth-order valence-electron chi connectivity index (χ4n) is 1.33. The molecular weight excluding hydrogens is 178 g/mol. The third kappa shape index (κ3) is 2.57. The van der Waals surface area contributed by atoms with Crippen molar-refractivity contribution in [1.29, 1.82) is 0 Å². The summed E-state index contributed by atoms with van der Waals surface area (Å²) in [6.45, 7) is 2.22. The topological polar surface area (TPSA) is 40.5 Å². The lowest BCUT2D eigenvalue weighted by atomic mass is 10.1. The Labute approximate surface area is 84.0 Å². The smallest absolute Gasteiger partial charge is 0.163 e. The monoisotopic (exact) mass is 193 g/mol. The van der Waals surface area contributed by atoms with Crippen LogP contribution in [0.25, 0.3) is 0 Å². The van der Waals surface area contributed by atoms with Crippen molar-refractivity contribution in [2.75, 3.05) is 14.1 Å². The van der Waals surface area contributed by atoms with E-state index in [9.17, 15) is 9.90 Å². The van der Waals surface area contributed by atoms with Crippen LogP contribution in [-0.4, -0.2) is 29.9 Å². The number of rotatable bonds is 3. The van der Waals surface area contributed by atoms with Crippen molar-refractivity contribution in [2.45, 2.75) is 13.5 Å². The van der Waals surface area contributed by atoms with Gasteiger partial charge in [-0.3, -0.25) is 4.79 Å². The number of hydrogen-bond acceptors (Lipinski definition) is 3. The molecule has 0 saturated heterocycles. The van der Waals surface area contributed by atoms with Crippen molar-refractivity contribution in [2.24, 2.45) is 0 Å². The normalized spacial score (nSPS) is 10.6. The second kappa shape index (κ2) is 4.24. The minimum atomic E-state index is -0.108. The summed E-state index contributed by atoms with van der Waals surface area (Å²) in [6, 6.07) is 5.12. The van der Waals surface area contributed by atoms with Crippen molar-refractivity contribution in [3.05, 3.63) is 29.3 Å². The van der Waals surface area contributed by atoms with Crippen LogP contribution in [0.2, 0.25) is 0 Å². The van der Waals surface area contributed by atoms with Crippen LogP contribution >= 0.6 is 0 Å². The van der Waals surface area contributed by atoms with Crippen molar-refractivity contribution >= 4 is 5.78 Å². The maximum Gasteiger partial charge on any atom is 0.163 e. The Morgan fingerprint density at radius 2 is 2.07 bits per heavy atom. The van der Waals surface area contributed by atoms with Crippen molar-refractivity contribution in [3.63, 3.8) is 0 Å². The standard InChI is InChI=1S/C11H15NO2/c1-8(13)10-6-9(7-12(2)3)4-5-11(10)14/h4-6,14H,7H2,1-3H3. The van der Waals surface area contributed by atoms with Gasteiger partial charge in [-0.05, 0) is 38.7 Å². The number of carbonyl (C=O) groups is 1. The fraction of sp³-hybridized carbons (Fsp3) is 0.364. The fourth-order valence-corrected chi connectivity index (χ4v) is 1.33. The van der Waals surface area contributed by atoms with Crippen LogP contribution < -0.4 is 0 Å². The van der Waals surface area contributed by atoms with Gasteiger partial charge in [0.2, 0.25) is 0 Å². The number of aromatic hydroxyl groups is 1. The van der Waals surface area contributed by atoms with Gasteiger partial charge >= 0.3 is 0 Å². The summed E-state index contributed by atoms with van der Waals surface area (Å²) in [6.07, 6.45) is 0. The lowest BCUT2D eigenvalue weighted by Gasteiger charge is -2.10. The van der Waals surface area contributed by atoms with Gasteiger partial charge in [-0.15, -0.1) is 0 Å². The molecule has 1 rings (SSSR count). The summed E-state index contributed by atoms with van der Waals surface area (Å²) in [7, 11) is 3.92. The highest BCUT2D eigenvalue weighted by atomic mass is 16.3. The molecule has 1 aromatic carbocycles. The van der Waals surface area contributed by atoms with E-state index in [-0.39, 0.29) is 11.5 Å². The summed E-state index contributed by atoms with van der Waals surface area (Å²) in [5.41, 5.74) is 1.42. The quantitative estimate of drug-likeness (QED) is 0.742. The maximum absolute atomic E-state index is 11.1. The van der Waals surface area contributed by atoms with Gasteiger partial charge in [0.1, 0.15) is 5.75 Å². The molecule has 0 atom stereocenters. The first-order valence-corrected chi connectivity index (χ1v) is 4.48. The first kappa shape index (κ1) is 10.7. The highest BCUT2D eigenvalue weighted by molar-refractivity contribution is 5.96. The van der Waals surface area contributed by atoms with E-state index in [1.807, 2.05) is 25.1 Å². The number of hydrogen-bond donors (Lipinski definition) is 1. The van der Waals surface area contributed by atoms with Crippen LogP contribution in [0.4, 0.5) is 0 Å². The molecule has 0 spiro atoms. The summed E-state index contributed by atoms with van der Waals surface area (Å²) in [5, 5.41) is 9.41. The molecule has 0 bridgehead atoms. The van der Waals surface area contributed by atoms with Gasteiger partial charge in [-0.25, -0.2) is 0 Å². The van der Waals surface area contributed by atoms with Gasteiger partial charge in [0.05, 0.1) is 5.56 Å². The predicted molar refractivity (Wildman–Crippen MR) is 55.5 cm³/mol. The van der Waals surface area contributed by atoms with Crippen LogP contribution in [0, 0.1) is 0 Å². The number of Topliss-reactive ketones (excluding diaryl/α,β-unsaturated/α-hetero) is 1. The van der Waals surface area contributed by atoms with E-state index in [1.165, 1.54) is 6.92 Å². The molecule has 76 valence electrons. The number of carbonyl (C=O) groups excluding carboxylic acids is 1. The third-order valence-electron chi connectivity index (χ3n) is 1.94. The van der Waals surface area contributed by atoms with Crippen LogP contribution in [0.5, 0.6) is 5.75 Å². The van der Waals surface area contributed by atoms with Gasteiger partial charge in [0, 0.05) is 6.54 Å². The van der Waals surface area contributed by atoms with E-state index >= 15 is 0 Å². The molecule has 0 aliphatic rings. The van der Waals surface area contributed by atoms with Crippen molar-refractivity contribution in [3.8, 4) is 5.75 Å². The van der Waals surface area contributed by atoms with Gasteiger partial charge in [-0.2, -0.15) is 0 Å². The third-order valence-corrected chi connectivity index (χ3v) is 1.94. The van der Waals surface area contributed by atoms with Crippen molar-refractivity contribution in [1.82, 2.24) is 4.90 Å². The second-order valence-electron chi connectivity index (χ2n) is 3.65. The highest BCUT2D eigenvalue weighted by Crippen LogP contribution is 2.19. The molecule has 0 heterocycles. The summed E-state index contributed by atoms with van der Waals surface area (Å²) in [5.74, 6) is -0.0527. The first-order chi connectivity index (χ1) is 6.50. The zero-order valence-electron chi connectivity index (χ0n) is 8.74.